The number of thiophene rings is 1. The Bertz CT molecular complexity index is 842. The third kappa shape index (κ3) is 3.00. The molecule has 0 saturated heterocycles. The quantitative estimate of drug-likeness (QED) is 0.479. The first-order valence-electron chi connectivity index (χ1n) is 7.83. The number of nitrogens with zero attached hydrogens (tertiary/aromatic N) is 2. The molecule has 0 amide bonds. The summed E-state index contributed by atoms with van der Waals surface area (Å²) in [6, 6.07) is 6.70. The van der Waals surface area contributed by atoms with Gasteiger partial charge >= 0.3 is 0 Å². The van der Waals surface area contributed by atoms with E-state index in [1.807, 2.05) is 23.5 Å². The van der Waals surface area contributed by atoms with E-state index in [4.69, 9.17) is 0 Å². The molecule has 5 heteroatoms. The van der Waals surface area contributed by atoms with Crippen LogP contribution in [0.15, 0.2) is 35.6 Å². The first kappa shape index (κ1) is 15.1. The summed E-state index contributed by atoms with van der Waals surface area (Å²) in [6.07, 6.45) is 5.21. The molecular formula is C18H17FN2S2. The van der Waals surface area contributed by atoms with Crippen LogP contribution in [0.2, 0.25) is 0 Å². The molecule has 2 aromatic heterocycles. The van der Waals surface area contributed by atoms with Crippen molar-refractivity contribution in [2.75, 3.05) is 0 Å². The van der Waals surface area contributed by atoms with Gasteiger partial charge in [-0.3, -0.25) is 0 Å². The average molecular weight is 344 g/mol. The van der Waals surface area contributed by atoms with Crippen molar-refractivity contribution in [3.63, 3.8) is 0 Å². The monoisotopic (exact) mass is 344 g/mol. The SMILES string of the molecule is C[C@H]1CCc2c(sc3ncnc(SCc4ccc(F)cc4)c23)C1. The van der Waals surface area contributed by atoms with Crippen molar-refractivity contribution in [3.8, 4) is 0 Å². The number of rotatable bonds is 3. The molecular weight excluding hydrogens is 327 g/mol. The summed E-state index contributed by atoms with van der Waals surface area (Å²) in [5, 5.41) is 2.32. The molecule has 0 unspecified atom stereocenters. The van der Waals surface area contributed by atoms with E-state index in [1.54, 1.807) is 18.1 Å². The van der Waals surface area contributed by atoms with Gasteiger partial charge in [0.1, 0.15) is 22.0 Å². The number of hydrogen-bond acceptors (Lipinski definition) is 4. The van der Waals surface area contributed by atoms with Crippen LogP contribution >= 0.6 is 23.1 Å². The van der Waals surface area contributed by atoms with Crippen LogP contribution in [0.4, 0.5) is 4.39 Å². The Kier molecular flexibility index (Phi) is 4.07. The molecule has 0 bridgehead atoms. The topological polar surface area (TPSA) is 25.8 Å². The molecule has 0 spiro atoms. The van der Waals surface area contributed by atoms with Crippen molar-refractivity contribution in [2.24, 2.45) is 5.92 Å². The molecule has 0 N–H and O–H groups in total. The molecule has 2 nitrogen and oxygen atoms in total. The number of hydrogen-bond donors (Lipinski definition) is 0. The first-order valence-corrected chi connectivity index (χ1v) is 9.63. The number of halogens is 1. The molecule has 23 heavy (non-hydrogen) atoms. The van der Waals surface area contributed by atoms with Crippen molar-refractivity contribution in [1.29, 1.82) is 0 Å². The van der Waals surface area contributed by atoms with Gasteiger partial charge in [0.25, 0.3) is 0 Å². The second kappa shape index (κ2) is 6.21. The van der Waals surface area contributed by atoms with E-state index in [2.05, 4.69) is 16.9 Å². The third-order valence-corrected chi connectivity index (χ3v) is 6.57. The van der Waals surface area contributed by atoms with Gasteiger partial charge in [0.05, 0.1) is 0 Å². The fourth-order valence-corrected chi connectivity index (χ4v) is 5.48. The lowest BCUT2D eigenvalue weighted by Gasteiger charge is -2.18. The molecule has 0 fully saturated rings. The number of aromatic nitrogens is 2. The zero-order chi connectivity index (χ0) is 15.8. The lowest BCUT2D eigenvalue weighted by molar-refractivity contribution is 0.509. The minimum absolute atomic E-state index is 0.191. The molecule has 4 rings (SSSR count). The number of thioether (sulfide) groups is 1. The van der Waals surface area contributed by atoms with E-state index < -0.39 is 0 Å². The second-order valence-corrected chi connectivity index (χ2v) is 8.17. The average Bonchev–Trinajstić information content (AvgIpc) is 2.92. The van der Waals surface area contributed by atoms with Crippen LogP contribution in [-0.2, 0) is 18.6 Å². The lowest BCUT2D eigenvalue weighted by Crippen LogP contribution is -2.08. The van der Waals surface area contributed by atoms with E-state index in [0.717, 1.165) is 33.5 Å². The normalized spacial score (nSPS) is 17.4. The Balaban J connectivity index is 1.66. The van der Waals surface area contributed by atoms with Gasteiger partial charge in [-0.15, -0.1) is 23.1 Å². The Morgan fingerprint density at radius 2 is 2.09 bits per heavy atom. The molecule has 1 aliphatic carbocycles. The van der Waals surface area contributed by atoms with E-state index in [1.165, 1.54) is 40.8 Å². The Morgan fingerprint density at radius 1 is 1.26 bits per heavy atom. The standard InChI is InChI=1S/C18H17FN2S2/c1-11-2-7-14-15(8-11)23-18-16(14)17(20-10-21-18)22-9-12-3-5-13(19)6-4-12/h3-6,10-11H,2,7-9H2,1H3/t11-/m0/s1. The predicted molar refractivity (Wildman–Crippen MR) is 94.6 cm³/mol. The van der Waals surface area contributed by atoms with Gasteiger partial charge < -0.3 is 0 Å². The summed E-state index contributed by atoms with van der Waals surface area (Å²) < 4.78 is 13.0. The highest BCUT2D eigenvalue weighted by atomic mass is 32.2. The molecule has 1 aromatic carbocycles. The fraction of sp³-hybridized carbons (Fsp3) is 0.333. The van der Waals surface area contributed by atoms with Gasteiger partial charge in [0, 0.05) is 16.0 Å². The smallest absolute Gasteiger partial charge is 0.128 e. The van der Waals surface area contributed by atoms with Crippen LogP contribution in [0.1, 0.15) is 29.3 Å². The van der Waals surface area contributed by atoms with E-state index in [0.29, 0.717) is 0 Å². The fourth-order valence-electron chi connectivity index (χ4n) is 3.09. The van der Waals surface area contributed by atoms with Gasteiger partial charge in [0.2, 0.25) is 0 Å². The summed E-state index contributed by atoms with van der Waals surface area (Å²) in [7, 11) is 0. The van der Waals surface area contributed by atoms with Gasteiger partial charge in [-0.1, -0.05) is 19.1 Å². The van der Waals surface area contributed by atoms with Crippen LogP contribution < -0.4 is 0 Å². The highest BCUT2D eigenvalue weighted by molar-refractivity contribution is 7.98. The van der Waals surface area contributed by atoms with E-state index in [9.17, 15) is 4.39 Å². The zero-order valence-corrected chi connectivity index (χ0v) is 14.5. The maximum Gasteiger partial charge on any atom is 0.128 e. The minimum Gasteiger partial charge on any atom is -0.229 e. The van der Waals surface area contributed by atoms with Crippen LogP contribution in [-0.4, -0.2) is 9.97 Å². The molecule has 0 radical (unpaired) electrons. The molecule has 3 aromatic rings. The molecule has 118 valence electrons. The van der Waals surface area contributed by atoms with Gasteiger partial charge in [-0.2, -0.15) is 0 Å². The summed E-state index contributed by atoms with van der Waals surface area (Å²) in [4.78, 5) is 11.6. The maximum atomic E-state index is 13.0. The minimum atomic E-state index is -0.191. The van der Waals surface area contributed by atoms with Crippen LogP contribution in [0, 0.1) is 11.7 Å². The molecule has 1 atom stereocenters. The summed E-state index contributed by atoms with van der Waals surface area (Å²) in [5.41, 5.74) is 2.58. The highest BCUT2D eigenvalue weighted by Gasteiger charge is 2.23. The summed E-state index contributed by atoms with van der Waals surface area (Å²) >= 11 is 3.55. The number of fused-ring (bicyclic) bond motifs is 3. The molecule has 0 aliphatic heterocycles. The summed E-state index contributed by atoms with van der Waals surface area (Å²) in [5.74, 6) is 1.37. The first-order chi connectivity index (χ1) is 11.2. The number of aryl methyl sites for hydroxylation is 1. The highest BCUT2D eigenvalue weighted by Crippen LogP contribution is 2.40. The third-order valence-electron chi connectivity index (χ3n) is 4.35. The van der Waals surface area contributed by atoms with Crippen molar-refractivity contribution in [1.82, 2.24) is 9.97 Å². The molecule has 2 heterocycles. The van der Waals surface area contributed by atoms with Gasteiger partial charge in [-0.25, -0.2) is 14.4 Å². The molecule has 1 aliphatic rings. The summed E-state index contributed by atoms with van der Waals surface area (Å²) in [6.45, 7) is 2.32. The van der Waals surface area contributed by atoms with Gasteiger partial charge in [-0.05, 0) is 48.4 Å². The van der Waals surface area contributed by atoms with E-state index in [-0.39, 0.29) is 5.82 Å². The van der Waals surface area contributed by atoms with E-state index >= 15 is 0 Å². The van der Waals surface area contributed by atoms with Crippen molar-refractivity contribution >= 4 is 33.3 Å². The van der Waals surface area contributed by atoms with Crippen LogP contribution in [0.25, 0.3) is 10.2 Å². The predicted octanol–water partition coefficient (Wildman–Crippen LogP) is 5.25. The molecule has 0 saturated carbocycles. The second-order valence-electron chi connectivity index (χ2n) is 6.13. The van der Waals surface area contributed by atoms with Crippen molar-refractivity contribution < 1.29 is 4.39 Å². The Hall–Kier alpha value is -1.46. The van der Waals surface area contributed by atoms with Crippen LogP contribution in [0.3, 0.4) is 0 Å². The van der Waals surface area contributed by atoms with Crippen molar-refractivity contribution in [3.05, 3.63) is 52.4 Å². The lowest BCUT2D eigenvalue weighted by atomic mass is 9.89. The Morgan fingerprint density at radius 3 is 2.91 bits per heavy atom. The largest absolute Gasteiger partial charge is 0.229 e. The zero-order valence-electron chi connectivity index (χ0n) is 12.9. The van der Waals surface area contributed by atoms with Crippen molar-refractivity contribution in [2.45, 2.75) is 37.0 Å². The maximum absolute atomic E-state index is 13.0. The Labute approximate surface area is 143 Å². The van der Waals surface area contributed by atoms with Gasteiger partial charge in [0.15, 0.2) is 0 Å². The van der Waals surface area contributed by atoms with Crippen LogP contribution in [0.5, 0.6) is 0 Å². The number of benzene rings is 1.